The summed E-state index contributed by atoms with van der Waals surface area (Å²) in [5, 5.41) is 3.85. The summed E-state index contributed by atoms with van der Waals surface area (Å²) in [4.78, 5) is 24.3. The Balaban J connectivity index is 1.75. The van der Waals surface area contributed by atoms with Crippen LogP contribution in [0.15, 0.2) is 65.3 Å². The molecule has 3 aromatic carbocycles. The highest BCUT2D eigenvalue weighted by Gasteiger charge is 2.20. The number of fused-ring (bicyclic) bond motifs is 1. The van der Waals surface area contributed by atoms with Gasteiger partial charge in [0, 0.05) is 39.4 Å². The summed E-state index contributed by atoms with van der Waals surface area (Å²) in [6.07, 6.45) is 3.37. The van der Waals surface area contributed by atoms with Crippen molar-refractivity contribution in [3.8, 4) is 16.9 Å². The van der Waals surface area contributed by atoms with E-state index in [0.29, 0.717) is 23.6 Å². The molecule has 1 heterocycles. The Labute approximate surface area is 211 Å². The third-order valence-corrected chi connectivity index (χ3v) is 6.34. The Morgan fingerprint density at radius 3 is 2.33 bits per heavy atom. The van der Waals surface area contributed by atoms with Crippen molar-refractivity contribution in [3.05, 3.63) is 88.7 Å². The van der Waals surface area contributed by atoms with Crippen LogP contribution in [-0.2, 0) is 4.79 Å². The van der Waals surface area contributed by atoms with Gasteiger partial charge in [0.1, 0.15) is 11.3 Å². The summed E-state index contributed by atoms with van der Waals surface area (Å²) in [6.45, 7) is 12.0. The summed E-state index contributed by atoms with van der Waals surface area (Å²) >= 11 is 0. The van der Waals surface area contributed by atoms with Crippen molar-refractivity contribution in [1.29, 1.82) is 0 Å². The van der Waals surface area contributed by atoms with E-state index in [-0.39, 0.29) is 11.7 Å². The van der Waals surface area contributed by atoms with Crippen molar-refractivity contribution in [1.82, 2.24) is 0 Å². The average molecular weight is 482 g/mol. The van der Waals surface area contributed by atoms with Gasteiger partial charge in [0.2, 0.25) is 5.91 Å². The van der Waals surface area contributed by atoms with Crippen LogP contribution in [0.2, 0.25) is 0 Å². The molecule has 0 saturated carbocycles. The third-order valence-electron chi connectivity index (χ3n) is 6.34. The van der Waals surface area contributed by atoms with Crippen LogP contribution in [0.3, 0.4) is 0 Å². The summed E-state index contributed by atoms with van der Waals surface area (Å²) < 4.78 is 12.0. The Kier molecular flexibility index (Phi) is 7.11. The molecule has 5 heteroatoms. The van der Waals surface area contributed by atoms with Crippen LogP contribution >= 0.6 is 0 Å². The van der Waals surface area contributed by atoms with E-state index in [2.05, 4.69) is 37.4 Å². The van der Waals surface area contributed by atoms with E-state index in [0.717, 1.165) is 38.8 Å². The van der Waals surface area contributed by atoms with Crippen molar-refractivity contribution >= 4 is 33.9 Å². The molecule has 0 radical (unpaired) electrons. The number of hydrogen-bond donors (Lipinski definition) is 1. The van der Waals surface area contributed by atoms with Gasteiger partial charge in [-0.05, 0) is 88.6 Å². The lowest BCUT2D eigenvalue weighted by atomic mass is 9.94. The van der Waals surface area contributed by atoms with Crippen molar-refractivity contribution in [3.63, 3.8) is 0 Å². The second-order valence-corrected chi connectivity index (χ2v) is 9.11. The Morgan fingerprint density at radius 2 is 1.69 bits per heavy atom. The molecule has 0 aliphatic carbocycles. The topological polar surface area (TPSA) is 68.5 Å². The number of benzene rings is 3. The first-order valence-electron chi connectivity index (χ1n) is 12.1. The zero-order valence-electron chi connectivity index (χ0n) is 21.6. The van der Waals surface area contributed by atoms with Gasteiger partial charge in [0.15, 0.2) is 5.78 Å². The quantitative estimate of drug-likeness (QED) is 0.217. The minimum Gasteiger partial charge on any atom is -0.493 e. The zero-order chi connectivity index (χ0) is 26.0. The van der Waals surface area contributed by atoms with Crippen LogP contribution in [-0.4, -0.2) is 18.3 Å². The fraction of sp³-hybridized carbons (Fsp3) is 0.226. The molecule has 5 nitrogen and oxygen atoms in total. The molecule has 4 aromatic rings. The number of ether oxygens (including phenoxy) is 1. The van der Waals surface area contributed by atoms with Gasteiger partial charge in [-0.1, -0.05) is 23.8 Å². The van der Waals surface area contributed by atoms with Gasteiger partial charge in [-0.3, -0.25) is 9.59 Å². The van der Waals surface area contributed by atoms with Crippen LogP contribution < -0.4 is 10.1 Å². The minimum atomic E-state index is -0.259. The summed E-state index contributed by atoms with van der Waals surface area (Å²) in [6, 6.07) is 15.3. The Hall–Kier alpha value is -4.12. The van der Waals surface area contributed by atoms with Gasteiger partial charge in [-0.2, -0.15) is 0 Å². The van der Waals surface area contributed by atoms with E-state index in [9.17, 15) is 9.59 Å². The van der Waals surface area contributed by atoms with E-state index in [4.69, 9.17) is 9.15 Å². The summed E-state index contributed by atoms with van der Waals surface area (Å²) in [5.41, 5.74) is 9.02. The zero-order valence-corrected chi connectivity index (χ0v) is 21.6. The van der Waals surface area contributed by atoms with Crippen LogP contribution in [0, 0.1) is 20.8 Å². The molecular formula is C31H31NO4. The molecule has 0 aliphatic rings. The normalized spacial score (nSPS) is 11.6. The predicted molar refractivity (Wildman–Crippen MR) is 146 cm³/mol. The molecule has 0 aliphatic heterocycles. The lowest BCUT2D eigenvalue weighted by molar-refractivity contribution is -0.111. The fourth-order valence-corrected chi connectivity index (χ4v) is 4.50. The number of hydrogen-bond acceptors (Lipinski definition) is 4. The number of Topliss-reactive ketones (excluding diaryl/α,β-unsaturated/α-hetero) is 1. The number of ketones is 1. The molecule has 0 fully saturated rings. The molecule has 0 saturated heterocycles. The van der Waals surface area contributed by atoms with E-state index >= 15 is 0 Å². The minimum absolute atomic E-state index is 0.0164. The number of allylic oxidation sites excluding steroid dienone is 1. The molecular weight excluding hydrogens is 450 g/mol. The Morgan fingerprint density at radius 1 is 0.972 bits per heavy atom. The number of rotatable bonds is 7. The molecule has 184 valence electrons. The number of nitrogens with one attached hydrogen (secondary N) is 1. The molecule has 0 bridgehead atoms. The second-order valence-electron chi connectivity index (χ2n) is 9.11. The molecule has 0 atom stereocenters. The van der Waals surface area contributed by atoms with Crippen molar-refractivity contribution in [2.75, 3.05) is 11.9 Å². The maximum Gasteiger partial charge on any atom is 0.248 e. The van der Waals surface area contributed by atoms with Crippen LogP contribution in [0.1, 0.15) is 53.4 Å². The molecule has 0 spiro atoms. The Bertz CT molecular complexity index is 1490. The van der Waals surface area contributed by atoms with Gasteiger partial charge >= 0.3 is 0 Å². The third kappa shape index (κ3) is 4.96. The smallest absolute Gasteiger partial charge is 0.248 e. The van der Waals surface area contributed by atoms with Gasteiger partial charge in [-0.25, -0.2) is 0 Å². The first kappa shape index (κ1) is 25.0. The second kappa shape index (κ2) is 10.2. The summed E-state index contributed by atoms with van der Waals surface area (Å²) in [5.74, 6) is 0.432. The van der Waals surface area contributed by atoms with Crippen molar-refractivity contribution in [2.45, 2.75) is 41.5 Å². The number of aryl methyl sites for hydroxylation is 3. The first-order valence-corrected chi connectivity index (χ1v) is 12.1. The van der Waals surface area contributed by atoms with Crippen molar-refractivity contribution in [2.24, 2.45) is 0 Å². The van der Waals surface area contributed by atoms with E-state index < -0.39 is 0 Å². The fourth-order valence-electron chi connectivity index (χ4n) is 4.50. The number of furan rings is 1. The molecule has 0 unspecified atom stereocenters. The summed E-state index contributed by atoms with van der Waals surface area (Å²) in [7, 11) is 0. The molecule has 1 aromatic heterocycles. The van der Waals surface area contributed by atoms with Gasteiger partial charge in [-0.15, -0.1) is 0 Å². The number of amides is 1. The van der Waals surface area contributed by atoms with Gasteiger partial charge < -0.3 is 14.5 Å². The van der Waals surface area contributed by atoms with Crippen LogP contribution in [0.25, 0.3) is 27.7 Å². The number of anilines is 1. The monoisotopic (exact) mass is 481 g/mol. The molecule has 1 amide bonds. The highest BCUT2D eigenvalue weighted by molar-refractivity contribution is 6.06. The van der Waals surface area contributed by atoms with Crippen LogP contribution in [0.4, 0.5) is 5.69 Å². The van der Waals surface area contributed by atoms with Gasteiger partial charge in [0.05, 0.1) is 12.9 Å². The SMILES string of the molecule is CCOc1c(/C(C)=C/C(=O)Nc2ccc(C(C)=O)cc2)cc2c(-c3ccc(C)cc3C)coc2c1C. The number of carbonyl (C=O) groups is 2. The highest BCUT2D eigenvalue weighted by atomic mass is 16.5. The predicted octanol–water partition coefficient (Wildman–Crippen LogP) is 7.67. The maximum absolute atomic E-state index is 12.8. The van der Waals surface area contributed by atoms with E-state index in [1.165, 1.54) is 18.1 Å². The number of carbonyl (C=O) groups excluding carboxylic acids is 2. The van der Waals surface area contributed by atoms with Crippen LogP contribution in [0.5, 0.6) is 5.75 Å². The average Bonchev–Trinajstić information content (AvgIpc) is 3.25. The van der Waals surface area contributed by atoms with Gasteiger partial charge in [0.25, 0.3) is 0 Å². The lowest BCUT2D eigenvalue weighted by Crippen LogP contribution is -2.09. The molecule has 36 heavy (non-hydrogen) atoms. The molecule has 4 rings (SSSR count). The molecule has 1 N–H and O–H groups in total. The van der Waals surface area contributed by atoms with E-state index in [1.54, 1.807) is 36.6 Å². The standard InChI is InChI=1S/C31H31NO4/c1-7-35-30-21(5)31-27(28(17-36-31)25-13-8-18(2)14-19(25)3)16-26(30)20(4)15-29(34)32-24-11-9-23(10-12-24)22(6)33/h8-17H,7H2,1-6H3,(H,32,34)/b20-15+. The highest BCUT2D eigenvalue weighted by Crippen LogP contribution is 2.41. The largest absolute Gasteiger partial charge is 0.493 e. The van der Waals surface area contributed by atoms with E-state index in [1.807, 2.05) is 26.8 Å². The first-order chi connectivity index (χ1) is 17.2. The lowest BCUT2D eigenvalue weighted by Gasteiger charge is -2.15. The van der Waals surface area contributed by atoms with Crippen molar-refractivity contribution < 1.29 is 18.7 Å². The maximum atomic E-state index is 12.8.